The predicted molar refractivity (Wildman–Crippen MR) is 124 cm³/mol. The number of carbonyl (C=O) groups is 1. The molecular formula is C23H23ClN4O3S. The molecule has 2 saturated carbocycles. The summed E-state index contributed by atoms with van der Waals surface area (Å²) in [5, 5.41) is 24.9. The monoisotopic (exact) mass is 470 g/mol. The van der Waals surface area contributed by atoms with Crippen LogP contribution in [0.25, 0.3) is 11.2 Å². The number of aromatic nitrogens is 3. The number of hydrogen-bond acceptors (Lipinski definition) is 7. The van der Waals surface area contributed by atoms with E-state index >= 15 is 0 Å². The number of rotatable bonds is 5. The first-order valence-corrected chi connectivity index (χ1v) is 11.9. The Kier molecular flexibility index (Phi) is 5.25. The Morgan fingerprint density at radius 1 is 1.38 bits per heavy atom. The van der Waals surface area contributed by atoms with Gasteiger partial charge in [0.25, 0.3) is 0 Å². The van der Waals surface area contributed by atoms with Gasteiger partial charge in [-0.2, -0.15) is 0 Å². The van der Waals surface area contributed by atoms with Crippen molar-refractivity contribution in [2.75, 3.05) is 11.9 Å². The van der Waals surface area contributed by atoms with Crippen LogP contribution in [0.15, 0.2) is 24.5 Å². The number of ketones is 1. The van der Waals surface area contributed by atoms with Gasteiger partial charge in [-0.1, -0.05) is 18.5 Å². The van der Waals surface area contributed by atoms with Gasteiger partial charge in [-0.15, -0.1) is 11.3 Å². The fraction of sp³-hybridized carbons (Fsp3) is 0.435. The zero-order chi connectivity index (χ0) is 22.6. The minimum absolute atomic E-state index is 0.00318. The van der Waals surface area contributed by atoms with Crippen molar-refractivity contribution in [1.29, 1.82) is 0 Å². The molecule has 9 heteroatoms. The Morgan fingerprint density at radius 2 is 2.19 bits per heavy atom. The first-order chi connectivity index (χ1) is 15.4. The van der Waals surface area contributed by atoms with Crippen LogP contribution in [-0.2, 0) is 4.79 Å². The van der Waals surface area contributed by atoms with Gasteiger partial charge in [0, 0.05) is 13.0 Å². The molecule has 3 aromatic heterocycles. The fourth-order valence-corrected chi connectivity index (χ4v) is 5.99. The van der Waals surface area contributed by atoms with Crippen molar-refractivity contribution >= 4 is 45.6 Å². The molecule has 0 saturated heterocycles. The number of hydrogen-bond donors (Lipinski definition) is 3. The third-order valence-corrected chi connectivity index (χ3v) is 7.77. The summed E-state index contributed by atoms with van der Waals surface area (Å²) >= 11 is 7.40. The number of aliphatic hydroxyl groups is 2. The topological polar surface area (TPSA) is 100 Å². The summed E-state index contributed by atoms with van der Waals surface area (Å²) in [4.78, 5) is 22.7. The highest BCUT2D eigenvalue weighted by molar-refractivity contribution is 7.16. The van der Waals surface area contributed by atoms with Crippen LogP contribution in [-0.4, -0.2) is 49.3 Å². The molecule has 3 N–H and O–H groups in total. The number of imidazole rings is 1. The van der Waals surface area contributed by atoms with Crippen molar-refractivity contribution in [3.8, 4) is 11.8 Å². The van der Waals surface area contributed by atoms with Crippen LogP contribution in [0.2, 0.25) is 4.34 Å². The van der Waals surface area contributed by atoms with Crippen LogP contribution < -0.4 is 5.32 Å². The lowest BCUT2D eigenvalue weighted by atomic mass is 9.92. The molecule has 166 valence electrons. The Balaban J connectivity index is 1.59. The molecule has 5 atom stereocenters. The molecule has 32 heavy (non-hydrogen) atoms. The van der Waals surface area contributed by atoms with E-state index in [4.69, 9.17) is 16.6 Å². The van der Waals surface area contributed by atoms with E-state index in [2.05, 4.69) is 22.1 Å². The average Bonchev–Trinajstić information content (AvgIpc) is 3.03. The lowest BCUT2D eigenvalue weighted by Gasteiger charge is -2.23. The number of fused-ring (bicyclic) bond motifs is 2. The minimum Gasteiger partial charge on any atom is -0.389 e. The third kappa shape index (κ3) is 3.15. The molecule has 0 radical (unpaired) electrons. The molecule has 2 aliphatic carbocycles. The van der Waals surface area contributed by atoms with Crippen molar-refractivity contribution in [3.63, 3.8) is 0 Å². The van der Waals surface area contributed by atoms with Crippen LogP contribution in [0.4, 0.5) is 5.69 Å². The summed E-state index contributed by atoms with van der Waals surface area (Å²) in [6.07, 6.45) is 0.407. The van der Waals surface area contributed by atoms with Crippen LogP contribution in [0.1, 0.15) is 43.3 Å². The molecule has 0 bridgehead atoms. The van der Waals surface area contributed by atoms with E-state index in [-0.39, 0.29) is 11.7 Å². The van der Waals surface area contributed by atoms with Gasteiger partial charge in [0.15, 0.2) is 5.65 Å². The van der Waals surface area contributed by atoms with Crippen molar-refractivity contribution in [1.82, 2.24) is 14.5 Å². The zero-order valence-electron chi connectivity index (χ0n) is 17.7. The second-order valence-corrected chi connectivity index (χ2v) is 10.0. The van der Waals surface area contributed by atoms with E-state index in [1.807, 2.05) is 19.1 Å². The number of nitrogens with one attached hydrogen (secondary N) is 1. The number of Topliss-reactive ketones (excluding diaryl/α,β-unsaturated/α-hetero) is 1. The standard InChI is InChI=1S/C23H23ClN4O3S/c1-3-16(29)23-10-14(23)19(20(30)21(23)31)28-11-26-18-15(25-4-2)9-12(27-22(18)28)5-6-13-7-8-17(24)32-13/h7-9,11,14,19-21,30-31H,3-4,10H2,1-2H3,(H,25,27)/t14-,19-,20-,21?,23-/m1/s1. The van der Waals surface area contributed by atoms with Crippen molar-refractivity contribution in [2.45, 2.75) is 44.9 Å². The second kappa shape index (κ2) is 7.85. The summed E-state index contributed by atoms with van der Waals surface area (Å²) in [5.74, 6) is 6.05. The maximum Gasteiger partial charge on any atom is 0.163 e. The van der Waals surface area contributed by atoms with Crippen LogP contribution in [0.5, 0.6) is 0 Å². The van der Waals surface area contributed by atoms with Gasteiger partial charge in [0.1, 0.15) is 23.1 Å². The highest BCUT2D eigenvalue weighted by Crippen LogP contribution is 2.68. The molecule has 5 rings (SSSR count). The molecular weight excluding hydrogens is 448 g/mol. The van der Waals surface area contributed by atoms with E-state index in [0.717, 1.165) is 10.6 Å². The summed E-state index contributed by atoms with van der Waals surface area (Å²) in [5.41, 5.74) is 1.73. The lowest BCUT2D eigenvalue weighted by molar-refractivity contribution is -0.130. The fourth-order valence-electron chi connectivity index (χ4n) is 5.09. The van der Waals surface area contributed by atoms with Crippen molar-refractivity contribution in [3.05, 3.63) is 39.4 Å². The van der Waals surface area contributed by atoms with Gasteiger partial charge in [0.05, 0.1) is 38.8 Å². The van der Waals surface area contributed by atoms with E-state index < -0.39 is 23.7 Å². The molecule has 2 aliphatic rings. The average molecular weight is 471 g/mol. The minimum atomic E-state index is -1.08. The normalized spacial score (nSPS) is 28.3. The van der Waals surface area contributed by atoms with Gasteiger partial charge in [-0.25, -0.2) is 9.97 Å². The molecule has 0 spiro atoms. The Labute approximate surface area is 194 Å². The molecule has 3 aromatic rings. The highest BCUT2D eigenvalue weighted by Gasteiger charge is 2.74. The summed E-state index contributed by atoms with van der Waals surface area (Å²) in [6.45, 7) is 4.48. The SMILES string of the molecule is CCNc1cc(C#Cc2ccc(Cl)s2)nc2c1ncn2[C@@H]1[C@H]2C[C@@]2(C(=O)CC)C(O)[C@@H]1O. The van der Waals surface area contributed by atoms with Gasteiger partial charge < -0.3 is 20.1 Å². The summed E-state index contributed by atoms with van der Waals surface area (Å²) < 4.78 is 2.48. The number of anilines is 1. The van der Waals surface area contributed by atoms with Crippen molar-refractivity contribution in [2.24, 2.45) is 11.3 Å². The maximum atomic E-state index is 12.6. The van der Waals surface area contributed by atoms with Gasteiger partial charge in [-0.05, 0) is 49.3 Å². The molecule has 0 aromatic carbocycles. The van der Waals surface area contributed by atoms with E-state index in [0.29, 0.717) is 40.6 Å². The molecule has 0 aliphatic heterocycles. The van der Waals surface area contributed by atoms with Crippen LogP contribution in [0.3, 0.4) is 0 Å². The second-order valence-electron chi connectivity index (χ2n) is 8.32. The number of aliphatic hydroxyl groups excluding tert-OH is 2. The number of pyridine rings is 1. The smallest absolute Gasteiger partial charge is 0.163 e. The van der Waals surface area contributed by atoms with Crippen LogP contribution in [0, 0.1) is 23.2 Å². The Morgan fingerprint density at radius 3 is 2.88 bits per heavy atom. The summed E-state index contributed by atoms with van der Waals surface area (Å²) in [6, 6.07) is 5.06. The predicted octanol–water partition coefficient (Wildman–Crippen LogP) is 3.24. The first-order valence-electron chi connectivity index (χ1n) is 10.7. The van der Waals surface area contributed by atoms with E-state index in [1.165, 1.54) is 11.3 Å². The third-order valence-electron chi connectivity index (χ3n) is 6.62. The lowest BCUT2D eigenvalue weighted by Crippen LogP contribution is -2.37. The largest absolute Gasteiger partial charge is 0.389 e. The molecule has 1 unspecified atom stereocenters. The number of nitrogens with zero attached hydrogens (tertiary/aromatic N) is 3. The van der Waals surface area contributed by atoms with Gasteiger partial charge >= 0.3 is 0 Å². The quantitative estimate of drug-likeness (QED) is 0.495. The molecule has 0 amide bonds. The Hall–Kier alpha value is -2.44. The molecule has 7 nitrogen and oxygen atoms in total. The first kappa shape index (κ1) is 21.4. The zero-order valence-corrected chi connectivity index (χ0v) is 19.2. The molecule has 2 fully saturated rings. The van der Waals surface area contributed by atoms with Gasteiger partial charge in [-0.3, -0.25) is 4.79 Å². The maximum absolute atomic E-state index is 12.6. The number of thiophene rings is 1. The van der Waals surface area contributed by atoms with E-state index in [9.17, 15) is 15.0 Å². The van der Waals surface area contributed by atoms with Crippen LogP contribution >= 0.6 is 22.9 Å². The Bertz CT molecular complexity index is 1280. The van der Waals surface area contributed by atoms with Crippen molar-refractivity contribution < 1.29 is 15.0 Å². The summed E-state index contributed by atoms with van der Waals surface area (Å²) in [7, 11) is 0. The van der Waals surface area contributed by atoms with E-state index in [1.54, 1.807) is 23.9 Å². The molecule has 3 heterocycles. The number of halogens is 1. The number of carbonyl (C=O) groups excluding carboxylic acids is 1. The van der Waals surface area contributed by atoms with Gasteiger partial charge in [0.2, 0.25) is 0 Å². The highest BCUT2D eigenvalue weighted by atomic mass is 35.5.